The fourth-order valence-electron chi connectivity index (χ4n) is 2.86. The lowest BCUT2D eigenvalue weighted by Gasteiger charge is -2.08. The SMILES string of the molecule is O=c1cc(CCC2CCCC2)nc(C2CC2)[nH]1. The number of aromatic nitrogens is 2. The van der Waals surface area contributed by atoms with Crippen molar-refractivity contribution in [2.24, 2.45) is 5.92 Å². The molecule has 0 radical (unpaired) electrons. The van der Waals surface area contributed by atoms with Gasteiger partial charge in [0.1, 0.15) is 5.82 Å². The van der Waals surface area contributed by atoms with Gasteiger partial charge in [0, 0.05) is 17.7 Å². The van der Waals surface area contributed by atoms with Gasteiger partial charge in [0.25, 0.3) is 5.56 Å². The van der Waals surface area contributed by atoms with Crippen LogP contribution in [-0.4, -0.2) is 9.97 Å². The third kappa shape index (κ3) is 2.76. The summed E-state index contributed by atoms with van der Waals surface area (Å²) >= 11 is 0. The van der Waals surface area contributed by atoms with Crippen LogP contribution < -0.4 is 5.56 Å². The second kappa shape index (κ2) is 4.63. The first-order valence-corrected chi connectivity index (χ1v) is 6.91. The van der Waals surface area contributed by atoms with Gasteiger partial charge in [0.05, 0.1) is 0 Å². The van der Waals surface area contributed by atoms with Crippen molar-refractivity contribution in [3.05, 3.63) is 27.9 Å². The molecule has 0 bridgehead atoms. The van der Waals surface area contributed by atoms with Crippen LogP contribution in [0.1, 0.15) is 62.4 Å². The maximum Gasteiger partial charge on any atom is 0.251 e. The molecule has 0 aromatic carbocycles. The van der Waals surface area contributed by atoms with E-state index in [1.54, 1.807) is 6.07 Å². The van der Waals surface area contributed by atoms with Gasteiger partial charge >= 0.3 is 0 Å². The van der Waals surface area contributed by atoms with Gasteiger partial charge in [0.15, 0.2) is 0 Å². The maximum absolute atomic E-state index is 11.5. The van der Waals surface area contributed by atoms with E-state index in [-0.39, 0.29) is 5.56 Å². The summed E-state index contributed by atoms with van der Waals surface area (Å²) in [6.45, 7) is 0. The van der Waals surface area contributed by atoms with Crippen LogP contribution in [-0.2, 0) is 6.42 Å². The molecule has 3 rings (SSSR count). The molecule has 2 fully saturated rings. The van der Waals surface area contributed by atoms with Gasteiger partial charge in [-0.05, 0) is 31.6 Å². The number of H-pyrrole nitrogens is 1. The lowest BCUT2D eigenvalue weighted by atomic mass is 10.0. The summed E-state index contributed by atoms with van der Waals surface area (Å²) < 4.78 is 0. The minimum atomic E-state index is 0.0309. The Kier molecular flexibility index (Phi) is 3.00. The van der Waals surface area contributed by atoms with E-state index >= 15 is 0 Å². The van der Waals surface area contributed by atoms with Gasteiger partial charge in [-0.25, -0.2) is 4.98 Å². The summed E-state index contributed by atoms with van der Waals surface area (Å²) in [7, 11) is 0. The molecule has 0 amide bonds. The third-order valence-corrected chi connectivity index (χ3v) is 4.06. The zero-order valence-electron chi connectivity index (χ0n) is 10.2. The first-order chi connectivity index (χ1) is 8.31. The number of aryl methyl sites for hydroxylation is 1. The van der Waals surface area contributed by atoms with Crippen molar-refractivity contribution in [3.8, 4) is 0 Å². The van der Waals surface area contributed by atoms with Crippen LogP contribution in [0.15, 0.2) is 10.9 Å². The van der Waals surface area contributed by atoms with Crippen LogP contribution >= 0.6 is 0 Å². The molecule has 0 unspecified atom stereocenters. The van der Waals surface area contributed by atoms with E-state index in [0.29, 0.717) is 5.92 Å². The largest absolute Gasteiger partial charge is 0.310 e. The molecule has 2 aliphatic carbocycles. The first-order valence-electron chi connectivity index (χ1n) is 6.91. The second-order valence-electron chi connectivity index (χ2n) is 5.59. The van der Waals surface area contributed by atoms with E-state index in [2.05, 4.69) is 9.97 Å². The van der Waals surface area contributed by atoms with Gasteiger partial charge in [-0.2, -0.15) is 0 Å². The van der Waals surface area contributed by atoms with E-state index in [4.69, 9.17) is 0 Å². The van der Waals surface area contributed by atoms with Crippen molar-refractivity contribution in [3.63, 3.8) is 0 Å². The third-order valence-electron chi connectivity index (χ3n) is 4.06. The Morgan fingerprint density at radius 1 is 1.24 bits per heavy atom. The molecule has 1 N–H and O–H groups in total. The second-order valence-corrected chi connectivity index (χ2v) is 5.59. The molecule has 0 saturated heterocycles. The molecule has 17 heavy (non-hydrogen) atoms. The lowest BCUT2D eigenvalue weighted by molar-refractivity contribution is 0.499. The summed E-state index contributed by atoms with van der Waals surface area (Å²) in [5, 5.41) is 0. The molecule has 1 heterocycles. The summed E-state index contributed by atoms with van der Waals surface area (Å²) in [5.41, 5.74) is 1.03. The Morgan fingerprint density at radius 3 is 2.71 bits per heavy atom. The van der Waals surface area contributed by atoms with E-state index in [0.717, 1.165) is 23.9 Å². The van der Waals surface area contributed by atoms with Crippen LogP contribution in [0.25, 0.3) is 0 Å². The zero-order valence-corrected chi connectivity index (χ0v) is 10.2. The summed E-state index contributed by atoms with van der Waals surface area (Å²) in [4.78, 5) is 19.0. The van der Waals surface area contributed by atoms with E-state index < -0.39 is 0 Å². The van der Waals surface area contributed by atoms with E-state index in [9.17, 15) is 4.79 Å². The molecule has 3 nitrogen and oxygen atoms in total. The highest BCUT2D eigenvalue weighted by Gasteiger charge is 2.26. The zero-order chi connectivity index (χ0) is 11.7. The van der Waals surface area contributed by atoms with Crippen LogP contribution in [0.2, 0.25) is 0 Å². The highest BCUT2D eigenvalue weighted by Crippen LogP contribution is 2.37. The summed E-state index contributed by atoms with van der Waals surface area (Å²) in [5.74, 6) is 2.34. The molecule has 0 aliphatic heterocycles. The number of rotatable bonds is 4. The average molecular weight is 232 g/mol. The standard InChI is InChI=1S/C14H20N2O/c17-13-9-12(8-5-10-3-1-2-4-10)15-14(16-13)11-6-7-11/h9-11H,1-8H2,(H,15,16,17). The number of aromatic amines is 1. The summed E-state index contributed by atoms with van der Waals surface area (Å²) in [6.07, 6.45) is 10.1. The van der Waals surface area contributed by atoms with Gasteiger partial charge in [0.2, 0.25) is 0 Å². The van der Waals surface area contributed by atoms with Crippen molar-refractivity contribution in [2.45, 2.75) is 57.3 Å². The monoisotopic (exact) mass is 232 g/mol. The molecule has 2 aliphatic rings. The van der Waals surface area contributed by atoms with Gasteiger partial charge in [-0.15, -0.1) is 0 Å². The average Bonchev–Trinajstić information content (AvgIpc) is 3.04. The maximum atomic E-state index is 11.5. The molecule has 1 aromatic heterocycles. The van der Waals surface area contributed by atoms with Crippen molar-refractivity contribution in [1.82, 2.24) is 9.97 Å². The Hall–Kier alpha value is -1.12. The summed E-state index contributed by atoms with van der Waals surface area (Å²) in [6, 6.07) is 1.68. The molecule has 92 valence electrons. The molecule has 3 heteroatoms. The highest BCUT2D eigenvalue weighted by atomic mass is 16.1. The van der Waals surface area contributed by atoms with E-state index in [1.165, 1.54) is 44.9 Å². The highest BCUT2D eigenvalue weighted by molar-refractivity contribution is 5.10. The first kappa shape index (κ1) is 11.0. The lowest BCUT2D eigenvalue weighted by Crippen LogP contribution is -2.12. The molecule has 0 spiro atoms. The smallest absolute Gasteiger partial charge is 0.251 e. The topological polar surface area (TPSA) is 45.8 Å². The molecular formula is C14H20N2O. The molecular weight excluding hydrogens is 212 g/mol. The predicted octanol–water partition coefficient (Wildman–Crippen LogP) is 2.77. The van der Waals surface area contributed by atoms with Gasteiger partial charge in [-0.1, -0.05) is 25.7 Å². The normalized spacial score (nSPS) is 20.9. The Bertz CT molecular complexity index is 442. The van der Waals surface area contributed by atoms with Crippen molar-refractivity contribution < 1.29 is 0 Å². The van der Waals surface area contributed by atoms with Crippen molar-refractivity contribution in [2.75, 3.05) is 0 Å². The fraction of sp³-hybridized carbons (Fsp3) is 0.714. The van der Waals surface area contributed by atoms with Crippen LogP contribution in [0.3, 0.4) is 0 Å². The Balaban J connectivity index is 1.66. The Morgan fingerprint density at radius 2 is 2.00 bits per heavy atom. The molecule has 0 atom stereocenters. The predicted molar refractivity (Wildman–Crippen MR) is 67.1 cm³/mol. The Labute approximate surface area is 102 Å². The van der Waals surface area contributed by atoms with Crippen molar-refractivity contribution in [1.29, 1.82) is 0 Å². The fourth-order valence-corrected chi connectivity index (χ4v) is 2.86. The molecule has 2 saturated carbocycles. The number of hydrogen-bond acceptors (Lipinski definition) is 2. The van der Waals surface area contributed by atoms with Crippen molar-refractivity contribution >= 4 is 0 Å². The minimum absolute atomic E-state index is 0.0309. The van der Waals surface area contributed by atoms with Crippen LogP contribution in [0, 0.1) is 5.92 Å². The van der Waals surface area contributed by atoms with Crippen LogP contribution in [0.5, 0.6) is 0 Å². The minimum Gasteiger partial charge on any atom is -0.310 e. The number of nitrogens with zero attached hydrogens (tertiary/aromatic N) is 1. The molecule has 1 aromatic rings. The quantitative estimate of drug-likeness (QED) is 0.867. The number of hydrogen-bond donors (Lipinski definition) is 1. The van der Waals surface area contributed by atoms with Crippen LogP contribution in [0.4, 0.5) is 0 Å². The van der Waals surface area contributed by atoms with Gasteiger partial charge < -0.3 is 4.98 Å². The number of nitrogens with one attached hydrogen (secondary N) is 1. The van der Waals surface area contributed by atoms with E-state index in [1.807, 2.05) is 0 Å². The van der Waals surface area contributed by atoms with Gasteiger partial charge in [-0.3, -0.25) is 4.79 Å².